The Bertz CT molecular complexity index is 791. The first kappa shape index (κ1) is 11.2. The van der Waals surface area contributed by atoms with E-state index in [4.69, 9.17) is 4.52 Å². The van der Waals surface area contributed by atoms with Crippen LogP contribution in [0.2, 0.25) is 0 Å². The minimum atomic E-state index is 0.379. The van der Waals surface area contributed by atoms with E-state index in [-0.39, 0.29) is 0 Å². The van der Waals surface area contributed by atoms with Crippen LogP contribution in [0.15, 0.2) is 23.1 Å². The smallest absolute Gasteiger partial charge is 0.172 e. The molecule has 1 aliphatic heterocycles. The van der Waals surface area contributed by atoms with Crippen molar-refractivity contribution in [3.05, 3.63) is 35.6 Å². The third-order valence-electron chi connectivity index (χ3n) is 3.60. The monoisotopic (exact) mass is 269 g/mol. The highest BCUT2D eigenvalue weighted by atomic mass is 16.5. The highest BCUT2D eigenvalue weighted by Gasteiger charge is 2.25. The zero-order chi connectivity index (χ0) is 13.5. The highest BCUT2D eigenvalue weighted by molar-refractivity contribution is 5.87. The van der Waals surface area contributed by atoms with Crippen molar-refractivity contribution in [1.29, 1.82) is 0 Å². The van der Waals surface area contributed by atoms with E-state index in [1.54, 1.807) is 0 Å². The van der Waals surface area contributed by atoms with E-state index in [1.807, 2.05) is 12.3 Å². The number of nitrogens with one attached hydrogen (secondary N) is 1. The van der Waals surface area contributed by atoms with Gasteiger partial charge in [0.25, 0.3) is 0 Å². The molecule has 3 aromatic rings. The fourth-order valence-electron chi connectivity index (χ4n) is 2.61. The summed E-state index contributed by atoms with van der Waals surface area (Å²) in [5.74, 6) is 1.66. The molecule has 100 valence electrons. The lowest BCUT2D eigenvalue weighted by Crippen LogP contribution is -2.31. The molecular formula is C13H11N5O2. The van der Waals surface area contributed by atoms with Gasteiger partial charge in [-0.15, -0.1) is 0 Å². The number of hydrogen-bond donors (Lipinski definition) is 1. The van der Waals surface area contributed by atoms with Gasteiger partial charge in [-0.3, -0.25) is 4.79 Å². The number of aromatic nitrogens is 4. The number of fused-ring (bicyclic) bond motifs is 2. The molecule has 0 aliphatic carbocycles. The molecular weight excluding hydrogens is 258 g/mol. The lowest BCUT2D eigenvalue weighted by molar-refractivity contribution is 0.111. The van der Waals surface area contributed by atoms with Gasteiger partial charge in [0, 0.05) is 24.7 Å². The van der Waals surface area contributed by atoms with E-state index in [1.165, 1.54) is 6.33 Å². The molecule has 3 aromatic heterocycles. The minimum Gasteiger partial charge on any atom is -0.360 e. The number of hydrogen-bond acceptors (Lipinski definition) is 6. The molecule has 0 atom stereocenters. The zero-order valence-electron chi connectivity index (χ0n) is 10.5. The third-order valence-corrected chi connectivity index (χ3v) is 3.60. The van der Waals surface area contributed by atoms with Crippen LogP contribution >= 0.6 is 0 Å². The fraction of sp³-hybridized carbons (Fsp3) is 0.231. The molecule has 7 nitrogen and oxygen atoms in total. The Hall–Kier alpha value is -2.70. The summed E-state index contributed by atoms with van der Waals surface area (Å²) in [6, 6.07) is 1.95. The second kappa shape index (κ2) is 4.16. The van der Waals surface area contributed by atoms with Gasteiger partial charge in [0.15, 0.2) is 12.0 Å². The largest absolute Gasteiger partial charge is 0.360 e. The number of carbonyl (C=O) groups excluding carboxylic acids is 1. The van der Waals surface area contributed by atoms with E-state index in [2.05, 4.69) is 25.0 Å². The predicted molar refractivity (Wildman–Crippen MR) is 70.5 cm³/mol. The van der Waals surface area contributed by atoms with Crippen LogP contribution < -0.4 is 4.90 Å². The van der Waals surface area contributed by atoms with E-state index in [0.29, 0.717) is 18.7 Å². The highest BCUT2D eigenvalue weighted by Crippen LogP contribution is 2.28. The van der Waals surface area contributed by atoms with Gasteiger partial charge in [0.1, 0.15) is 23.6 Å². The van der Waals surface area contributed by atoms with Crippen molar-refractivity contribution in [1.82, 2.24) is 20.1 Å². The lowest BCUT2D eigenvalue weighted by atomic mass is 10.1. The number of nitrogens with zero attached hydrogens (tertiary/aromatic N) is 4. The number of anilines is 1. The standard InChI is InChI=1S/C13H11N5O2/c19-6-10-9-5-18(4-2-11(9)20-17-10)13-8-1-3-14-12(8)15-7-16-13/h1,3,6-7H,2,4-5H2,(H,14,15,16). The van der Waals surface area contributed by atoms with Gasteiger partial charge >= 0.3 is 0 Å². The van der Waals surface area contributed by atoms with Crippen LogP contribution in [0.4, 0.5) is 5.82 Å². The van der Waals surface area contributed by atoms with Crippen LogP contribution in [0.3, 0.4) is 0 Å². The summed E-state index contributed by atoms with van der Waals surface area (Å²) in [5, 5.41) is 4.76. The molecule has 0 saturated carbocycles. The maximum atomic E-state index is 11.0. The van der Waals surface area contributed by atoms with Gasteiger partial charge in [-0.2, -0.15) is 0 Å². The Balaban J connectivity index is 1.77. The van der Waals surface area contributed by atoms with E-state index >= 15 is 0 Å². The topological polar surface area (TPSA) is 87.9 Å². The van der Waals surface area contributed by atoms with Gasteiger partial charge in [0.05, 0.1) is 11.9 Å². The van der Waals surface area contributed by atoms with Crippen molar-refractivity contribution >= 4 is 23.1 Å². The molecule has 0 saturated heterocycles. The number of carbonyl (C=O) groups is 1. The summed E-state index contributed by atoms with van der Waals surface area (Å²) in [5.41, 5.74) is 2.04. The summed E-state index contributed by atoms with van der Waals surface area (Å²) in [4.78, 5) is 24.7. The van der Waals surface area contributed by atoms with Crippen LogP contribution in [0.1, 0.15) is 21.8 Å². The summed E-state index contributed by atoms with van der Waals surface area (Å²) in [7, 11) is 0. The Morgan fingerprint density at radius 2 is 2.35 bits per heavy atom. The van der Waals surface area contributed by atoms with Crippen molar-refractivity contribution < 1.29 is 9.32 Å². The molecule has 0 aromatic carbocycles. The fourth-order valence-corrected chi connectivity index (χ4v) is 2.61. The second-order valence-electron chi connectivity index (χ2n) is 4.70. The minimum absolute atomic E-state index is 0.379. The Morgan fingerprint density at radius 3 is 3.25 bits per heavy atom. The van der Waals surface area contributed by atoms with Crippen LogP contribution in [0, 0.1) is 0 Å². The quantitative estimate of drug-likeness (QED) is 0.706. The summed E-state index contributed by atoms with van der Waals surface area (Å²) >= 11 is 0. The first-order chi connectivity index (χ1) is 9.86. The third kappa shape index (κ3) is 1.52. The van der Waals surface area contributed by atoms with Crippen molar-refractivity contribution in [2.45, 2.75) is 13.0 Å². The van der Waals surface area contributed by atoms with E-state index in [0.717, 1.165) is 41.0 Å². The lowest BCUT2D eigenvalue weighted by Gasteiger charge is -2.27. The Morgan fingerprint density at radius 1 is 1.40 bits per heavy atom. The number of aromatic amines is 1. The molecule has 0 radical (unpaired) electrons. The van der Waals surface area contributed by atoms with E-state index in [9.17, 15) is 4.79 Å². The van der Waals surface area contributed by atoms with Crippen molar-refractivity contribution in [2.24, 2.45) is 0 Å². The second-order valence-corrected chi connectivity index (χ2v) is 4.70. The Kier molecular flexibility index (Phi) is 2.32. The van der Waals surface area contributed by atoms with Crippen molar-refractivity contribution in [2.75, 3.05) is 11.4 Å². The summed E-state index contributed by atoms with van der Waals surface area (Å²) in [6.45, 7) is 1.35. The number of rotatable bonds is 2. The molecule has 1 aliphatic rings. The van der Waals surface area contributed by atoms with Crippen LogP contribution in [-0.2, 0) is 13.0 Å². The molecule has 0 amide bonds. The van der Waals surface area contributed by atoms with Gasteiger partial charge in [0.2, 0.25) is 0 Å². The van der Waals surface area contributed by atoms with Gasteiger partial charge in [-0.05, 0) is 6.07 Å². The molecule has 0 bridgehead atoms. The van der Waals surface area contributed by atoms with Gasteiger partial charge in [-0.25, -0.2) is 9.97 Å². The number of aldehydes is 1. The SMILES string of the molecule is O=Cc1noc2c1CN(c1ncnc3[nH]ccc13)CC2. The maximum absolute atomic E-state index is 11.0. The summed E-state index contributed by atoms with van der Waals surface area (Å²) in [6.07, 6.45) is 4.83. The van der Waals surface area contributed by atoms with Gasteiger partial charge < -0.3 is 14.4 Å². The molecule has 0 spiro atoms. The number of H-pyrrole nitrogens is 1. The molecule has 7 heteroatoms. The van der Waals surface area contributed by atoms with Crippen LogP contribution in [-0.4, -0.2) is 32.9 Å². The first-order valence-corrected chi connectivity index (χ1v) is 6.32. The average molecular weight is 269 g/mol. The van der Waals surface area contributed by atoms with E-state index < -0.39 is 0 Å². The molecule has 4 heterocycles. The van der Waals surface area contributed by atoms with Crippen LogP contribution in [0.25, 0.3) is 11.0 Å². The maximum Gasteiger partial charge on any atom is 0.172 e. The molecule has 1 N–H and O–H groups in total. The van der Waals surface area contributed by atoms with Crippen molar-refractivity contribution in [3.63, 3.8) is 0 Å². The predicted octanol–water partition coefficient (Wildman–Crippen LogP) is 1.32. The Labute approximate surface area is 113 Å². The first-order valence-electron chi connectivity index (χ1n) is 6.32. The van der Waals surface area contributed by atoms with Gasteiger partial charge in [-0.1, -0.05) is 5.16 Å². The summed E-state index contributed by atoms with van der Waals surface area (Å²) < 4.78 is 5.19. The zero-order valence-corrected chi connectivity index (χ0v) is 10.5. The molecule has 20 heavy (non-hydrogen) atoms. The molecule has 4 rings (SSSR count). The van der Waals surface area contributed by atoms with Crippen LogP contribution in [0.5, 0.6) is 0 Å². The van der Waals surface area contributed by atoms with Crippen molar-refractivity contribution in [3.8, 4) is 0 Å². The molecule has 0 fully saturated rings. The average Bonchev–Trinajstić information content (AvgIpc) is 3.12. The molecule has 0 unspecified atom stereocenters. The normalized spacial score (nSPS) is 14.5.